The number of benzene rings is 1. The Bertz CT molecular complexity index is 659. The minimum atomic E-state index is -0.781. The largest absolute Gasteiger partial charge is 0.480 e. The highest BCUT2D eigenvalue weighted by atomic mass is 32.1. The van der Waals surface area contributed by atoms with Gasteiger partial charge in [-0.25, -0.2) is 9.37 Å². The number of thiazole rings is 1. The summed E-state index contributed by atoms with van der Waals surface area (Å²) >= 11 is 1.38. The van der Waals surface area contributed by atoms with Gasteiger partial charge >= 0.3 is 5.97 Å². The summed E-state index contributed by atoms with van der Waals surface area (Å²) in [7, 11) is 0. The van der Waals surface area contributed by atoms with Crippen molar-refractivity contribution in [2.45, 2.75) is 25.4 Å². The first kappa shape index (κ1) is 14.2. The second kappa shape index (κ2) is 5.91. The molecule has 1 N–H and O–H groups in total. The molecule has 1 aliphatic rings. The smallest absolute Gasteiger partial charge is 0.320 e. The number of rotatable bonds is 4. The van der Waals surface area contributed by atoms with Crippen LogP contribution in [0.1, 0.15) is 18.5 Å². The van der Waals surface area contributed by atoms with Gasteiger partial charge in [-0.05, 0) is 31.5 Å². The van der Waals surface area contributed by atoms with Gasteiger partial charge in [0.25, 0.3) is 0 Å². The molecule has 0 amide bonds. The van der Waals surface area contributed by atoms with Crippen LogP contribution in [0.2, 0.25) is 0 Å². The SMILES string of the molecule is O=C(O)[C@@H]1CCCN1Cc1csc(-c2ccccc2F)n1. The van der Waals surface area contributed by atoms with Crippen molar-refractivity contribution in [2.24, 2.45) is 0 Å². The Morgan fingerprint density at radius 3 is 3.05 bits per heavy atom. The van der Waals surface area contributed by atoms with E-state index in [4.69, 9.17) is 0 Å². The lowest BCUT2D eigenvalue weighted by Crippen LogP contribution is -2.35. The van der Waals surface area contributed by atoms with Crippen LogP contribution in [0.5, 0.6) is 0 Å². The van der Waals surface area contributed by atoms with Crippen LogP contribution in [0.25, 0.3) is 10.6 Å². The lowest BCUT2D eigenvalue weighted by Gasteiger charge is -2.19. The Hall–Kier alpha value is -1.79. The fraction of sp³-hybridized carbons (Fsp3) is 0.333. The zero-order valence-corrected chi connectivity index (χ0v) is 12.1. The van der Waals surface area contributed by atoms with E-state index in [-0.39, 0.29) is 5.82 Å². The van der Waals surface area contributed by atoms with E-state index in [2.05, 4.69) is 4.98 Å². The molecule has 3 rings (SSSR count). The molecule has 110 valence electrons. The summed E-state index contributed by atoms with van der Waals surface area (Å²) < 4.78 is 13.7. The normalized spacial score (nSPS) is 19.0. The van der Waals surface area contributed by atoms with Crippen molar-refractivity contribution in [3.05, 3.63) is 41.2 Å². The van der Waals surface area contributed by atoms with Gasteiger partial charge in [-0.1, -0.05) is 12.1 Å². The molecule has 6 heteroatoms. The molecular weight excluding hydrogens is 291 g/mol. The molecule has 1 aromatic heterocycles. The number of halogens is 1. The van der Waals surface area contributed by atoms with Crippen LogP contribution in [-0.2, 0) is 11.3 Å². The van der Waals surface area contributed by atoms with Gasteiger partial charge in [-0.2, -0.15) is 0 Å². The fourth-order valence-corrected chi connectivity index (χ4v) is 3.48. The minimum absolute atomic E-state index is 0.289. The molecule has 1 fully saturated rings. The molecule has 4 nitrogen and oxygen atoms in total. The van der Waals surface area contributed by atoms with Gasteiger partial charge in [0.05, 0.1) is 5.69 Å². The molecule has 0 aliphatic carbocycles. The summed E-state index contributed by atoms with van der Waals surface area (Å²) in [4.78, 5) is 17.5. The van der Waals surface area contributed by atoms with Crippen LogP contribution in [0.15, 0.2) is 29.6 Å². The number of hydrogen-bond acceptors (Lipinski definition) is 4. The number of likely N-dealkylation sites (tertiary alicyclic amines) is 1. The molecular formula is C15H15FN2O2S. The Kier molecular flexibility index (Phi) is 3.98. The predicted molar refractivity (Wildman–Crippen MR) is 78.6 cm³/mol. The van der Waals surface area contributed by atoms with E-state index < -0.39 is 12.0 Å². The van der Waals surface area contributed by atoms with Gasteiger partial charge in [-0.15, -0.1) is 11.3 Å². The van der Waals surface area contributed by atoms with E-state index in [9.17, 15) is 14.3 Å². The number of hydrogen-bond donors (Lipinski definition) is 1. The molecule has 0 spiro atoms. The van der Waals surface area contributed by atoms with E-state index in [0.717, 1.165) is 18.7 Å². The molecule has 2 heterocycles. The average molecular weight is 306 g/mol. The lowest BCUT2D eigenvalue weighted by molar-refractivity contribution is -0.142. The van der Waals surface area contributed by atoms with Gasteiger partial charge in [0.1, 0.15) is 16.9 Å². The van der Waals surface area contributed by atoms with E-state index in [1.807, 2.05) is 10.3 Å². The molecule has 1 saturated heterocycles. The summed E-state index contributed by atoms with van der Waals surface area (Å²) in [5, 5.41) is 11.7. The van der Waals surface area contributed by atoms with Crippen molar-refractivity contribution in [3.8, 4) is 10.6 Å². The van der Waals surface area contributed by atoms with Crippen LogP contribution < -0.4 is 0 Å². The topological polar surface area (TPSA) is 53.4 Å². The van der Waals surface area contributed by atoms with Crippen LogP contribution in [0.4, 0.5) is 4.39 Å². The third-order valence-corrected chi connectivity index (χ3v) is 4.59. The first-order valence-electron chi connectivity index (χ1n) is 6.81. The van der Waals surface area contributed by atoms with Crippen molar-refractivity contribution in [3.63, 3.8) is 0 Å². The highest BCUT2D eigenvalue weighted by Gasteiger charge is 2.30. The zero-order chi connectivity index (χ0) is 14.8. The van der Waals surface area contributed by atoms with Crippen LogP contribution in [0.3, 0.4) is 0 Å². The van der Waals surface area contributed by atoms with E-state index in [0.29, 0.717) is 23.5 Å². The number of carbonyl (C=O) groups is 1. The maximum Gasteiger partial charge on any atom is 0.320 e. The zero-order valence-electron chi connectivity index (χ0n) is 11.3. The third kappa shape index (κ3) is 2.96. The number of carboxylic acid groups (broad SMARTS) is 1. The van der Waals surface area contributed by atoms with Crippen molar-refractivity contribution >= 4 is 17.3 Å². The molecule has 0 bridgehead atoms. The van der Waals surface area contributed by atoms with Gasteiger partial charge < -0.3 is 5.11 Å². The van der Waals surface area contributed by atoms with Crippen molar-refractivity contribution in [2.75, 3.05) is 6.54 Å². The molecule has 0 unspecified atom stereocenters. The lowest BCUT2D eigenvalue weighted by atomic mass is 10.2. The number of aromatic nitrogens is 1. The standard InChI is InChI=1S/C15H15FN2O2S/c16-12-5-2-1-4-11(12)14-17-10(9-21-14)8-18-7-3-6-13(18)15(19)20/h1-2,4-5,9,13H,3,6-8H2,(H,19,20)/t13-/m0/s1. The average Bonchev–Trinajstić information content (AvgIpc) is 3.09. The summed E-state index contributed by atoms with van der Waals surface area (Å²) in [5.41, 5.74) is 1.29. The Morgan fingerprint density at radius 1 is 1.48 bits per heavy atom. The van der Waals surface area contributed by atoms with E-state index in [1.165, 1.54) is 17.4 Å². The molecule has 1 aromatic carbocycles. The molecule has 0 radical (unpaired) electrons. The third-order valence-electron chi connectivity index (χ3n) is 3.67. The Balaban J connectivity index is 1.77. The fourth-order valence-electron chi connectivity index (χ4n) is 2.64. The number of nitrogens with zero attached hydrogens (tertiary/aromatic N) is 2. The molecule has 2 aromatic rings. The van der Waals surface area contributed by atoms with Crippen molar-refractivity contribution in [1.29, 1.82) is 0 Å². The molecule has 21 heavy (non-hydrogen) atoms. The Morgan fingerprint density at radius 2 is 2.29 bits per heavy atom. The number of carboxylic acids is 1. The van der Waals surface area contributed by atoms with Crippen molar-refractivity contribution in [1.82, 2.24) is 9.88 Å². The highest BCUT2D eigenvalue weighted by molar-refractivity contribution is 7.13. The Labute approximate surface area is 125 Å². The maximum atomic E-state index is 13.7. The highest BCUT2D eigenvalue weighted by Crippen LogP contribution is 2.27. The van der Waals surface area contributed by atoms with E-state index >= 15 is 0 Å². The second-order valence-electron chi connectivity index (χ2n) is 5.09. The van der Waals surface area contributed by atoms with Crippen LogP contribution >= 0.6 is 11.3 Å². The molecule has 0 saturated carbocycles. The minimum Gasteiger partial charge on any atom is -0.480 e. The van der Waals surface area contributed by atoms with Gasteiger partial charge in [0.2, 0.25) is 0 Å². The predicted octanol–water partition coefficient (Wildman–Crippen LogP) is 3.00. The van der Waals surface area contributed by atoms with Crippen molar-refractivity contribution < 1.29 is 14.3 Å². The van der Waals surface area contributed by atoms with Gasteiger partial charge in [0, 0.05) is 17.5 Å². The summed E-state index contributed by atoms with van der Waals surface area (Å²) in [5.74, 6) is -1.07. The van der Waals surface area contributed by atoms with Crippen LogP contribution in [-0.4, -0.2) is 33.5 Å². The first-order chi connectivity index (χ1) is 10.1. The van der Waals surface area contributed by atoms with Gasteiger partial charge in [-0.3, -0.25) is 9.69 Å². The molecule has 1 atom stereocenters. The van der Waals surface area contributed by atoms with Gasteiger partial charge in [0.15, 0.2) is 0 Å². The van der Waals surface area contributed by atoms with Crippen LogP contribution in [0, 0.1) is 5.82 Å². The maximum absolute atomic E-state index is 13.7. The molecule has 1 aliphatic heterocycles. The second-order valence-corrected chi connectivity index (χ2v) is 5.95. The quantitative estimate of drug-likeness (QED) is 0.943. The monoisotopic (exact) mass is 306 g/mol. The summed E-state index contributed by atoms with van der Waals surface area (Å²) in [6, 6.07) is 6.12. The number of aliphatic carboxylic acids is 1. The summed E-state index contributed by atoms with van der Waals surface area (Å²) in [6.45, 7) is 1.27. The summed E-state index contributed by atoms with van der Waals surface area (Å²) in [6.07, 6.45) is 1.57. The first-order valence-corrected chi connectivity index (χ1v) is 7.69. The van der Waals surface area contributed by atoms with E-state index in [1.54, 1.807) is 18.2 Å².